The number of benzene rings is 1. The maximum absolute atomic E-state index is 13.2. The van der Waals surface area contributed by atoms with Gasteiger partial charge in [-0.15, -0.1) is 0 Å². The summed E-state index contributed by atoms with van der Waals surface area (Å²) in [5, 5.41) is 0. The van der Waals surface area contributed by atoms with Crippen LogP contribution in [0.1, 0.15) is 19.0 Å². The number of rotatable bonds is 3. The molecule has 0 fully saturated rings. The van der Waals surface area contributed by atoms with E-state index in [1.54, 1.807) is 0 Å². The summed E-state index contributed by atoms with van der Waals surface area (Å²) in [6.07, 6.45) is 1.52. The van der Waals surface area contributed by atoms with E-state index in [-0.39, 0.29) is 11.4 Å². The number of halogens is 3. The van der Waals surface area contributed by atoms with Crippen LogP contribution in [-0.2, 0) is 6.42 Å². The molecule has 1 heterocycles. The predicted molar refractivity (Wildman–Crippen MR) is 76.9 cm³/mol. The zero-order valence-electron chi connectivity index (χ0n) is 10.1. The van der Waals surface area contributed by atoms with Crippen molar-refractivity contribution in [2.45, 2.75) is 19.8 Å². The summed E-state index contributed by atoms with van der Waals surface area (Å²) in [6, 6.07) is 3.43. The van der Waals surface area contributed by atoms with Crippen LogP contribution < -0.4 is 5.56 Å². The smallest absolute Gasteiger partial charge is 0.264 e. The molecule has 0 amide bonds. The Morgan fingerprint density at radius 3 is 2.68 bits per heavy atom. The summed E-state index contributed by atoms with van der Waals surface area (Å²) < 4.78 is 26.6. The van der Waals surface area contributed by atoms with Crippen LogP contribution in [0.4, 0.5) is 8.78 Å². The third-order valence-corrected chi connectivity index (χ3v) is 3.72. The molecule has 1 N–H and O–H groups in total. The minimum absolute atomic E-state index is 0.257. The first-order valence-electron chi connectivity index (χ1n) is 5.77. The van der Waals surface area contributed by atoms with Gasteiger partial charge in [0.1, 0.15) is 5.82 Å². The summed E-state index contributed by atoms with van der Waals surface area (Å²) in [4.78, 5) is 18.7. The number of aromatic amines is 1. The van der Waals surface area contributed by atoms with Gasteiger partial charge >= 0.3 is 0 Å². The van der Waals surface area contributed by atoms with Crippen molar-refractivity contribution >= 4 is 22.6 Å². The molecule has 6 heteroatoms. The third-order valence-electron chi connectivity index (χ3n) is 2.61. The van der Waals surface area contributed by atoms with Crippen molar-refractivity contribution in [3.8, 4) is 11.4 Å². The molecule has 0 aliphatic heterocycles. The summed E-state index contributed by atoms with van der Waals surface area (Å²) in [7, 11) is 0. The van der Waals surface area contributed by atoms with Crippen LogP contribution in [0.2, 0.25) is 0 Å². The van der Waals surface area contributed by atoms with Crippen LogP contribution in [0.5, 0.6) is 0 Å². The van der Waals surface area contributed by atoms with Gasteiger partial charge in [0.25, 0.3) is 5.56 Å². The summed E-state index contributed by atoms with van der Waals surface area (Å²) in [5.41, 5.74) is 0.759. The van der Waals surface area contributed by atoms with Crippen molar-refractivity contribution in [3.63, 3.8) is 0 Å². The number of H-pyrrole nitrogens is 1. The number of aromatic nitrogens is 2. The van der Waals surface area contributed by atoms with Gasteiger partial charge in [-0.25, -0.2) is 13.8 Å². The fraction of sp³-hybridized carbons (Fsp3) is 0.231. The fourth-order valence-corrected chi connectivity index (χ4v) is 2.21. The van der Waals surface area contributed by atoms with E-state index < -0.39 is 11.6 Å². The van der Waals surface area contributed by atoms with E-state index in [9.17, 15) is 13.6 Å². The second-order valence-corrected chi connectivity index (χ2v) is 5.13. The van der Waals surface area contributed by atoms with Crippen molar-refractivity contribution < 1.29 is 8.78 Å². The van der Waals surface area contributed by atoms with E-state index >= 15 is 0 Å². The monoisotopic (exact) mass is 376 g/mol. The number of nitrogens with one attached hydrogen (secondary N) is 1. The van der Waals surface area contributed by atoms with Crippen LogP contribution in [0, 0.1) is 15.2 Å². The van der Waals surface area contributed by atoms with E-state index in [1.165, 1.54) is 6.07 Å². The highest BCUT2D eigenvalue weighted by molar-refractivity contribution is 14.1. The Hall–Kier alpha value is -1.31. The zero-order chi connectivity index (χ0) is 14.0. The topological polar surface area (TPSA) is 45.8 Å². The van der Waals surface area contributed by atoms with Gasteiger partial charge in [-0.1, -0.05) is 13.3 Å². The van der Waals surface area contributed by atoms with Crippen LogP contribution in [0.15, 0.2) is 23.0 Å². The fourth-order valence-electron chi connectivity index (χ4n) is 1.69. The molecule has 0 radical (unpaired) electrons. The van der Waals surface area contributed by atoms with Gasteiger partial charge in [-0.05, 0) is 47.2 Å². The quantitative estimate of drug-likeness (QED) is 0.836. The Morgan fingerprint density at radius 1 is 1.32 bits per heavy atom. The van der Waals surface area contributed by atoms with E-state index in [0.29, 0.717) is 21.2 Å². The lowest BCUT2D eigenvalue weighted by Crippen LogP contribution is -2.16. The van der Waals surface area contributed by atoms with Crippen molar-refractivity contribution in [2.24, 2.45) is 0 Å². The van der Waals surface area contributed by atoms with Gasteiger partial charge in [0, 0.05) is 5.56 Å². The normalized spacial score (nSPS) is 10.7. The SMILES string of the molecule is CCCc1nc(-c2ccc(F)c(F)c2)[nH]c(=O)c1I. The molecule has 1 aromatic carbocycles. The molecule has 0 saturated carbocycles. The van der Waals surface area contributed by atoms with E-state index in [4.69, 9.17) is 0 Å². The standard InChI is InChI=1S/C13H11F2IN2O/c1-2-3-10-11(16)13(19)18-12(17-10)7-4-5-8(14)9(15)6-7/h4-6H,2-3H2,1H3,(H,17,18,19). The Bertz CT molecular complexity index is 670. The highest BCUT2D eigenvalue weighted by Gasteiger charge is 2.11. The van der Waals surface area contributed by atoms with Crippen molar-refractivity contribution in [1.82, 2.24) is 9.97 Å². The number of aryl methyl sites for hydroxylation is 1. The van der Waals surface area contributed by atoms with Gasteiger partial charge in [0.15, 0.2) is 11.6 Å². The minimum atomic E-state index is -0.962. The highest BCUT2D eigenvalue weighted by Crippen LogP contribution is 2.18. The zero-order valence-corrected chi connectivity index (χ0v) is 12.3. The van der Waals surface area contributed by atoms with E-state index in [2.05, 4.69) is 9.97 Å². The number of hydrogen-bond donors (Lipinski definition) is 1. The first-order chi connectivity index (χ1) is 9.02. The molecule has 0 bridgehead atoms. The Balaban J connectivity index is 2.56. The predicted octanol–water partition coefficient (Wildman–Crippen LogP) is 3.27. The maximum Gasteiger partial charge on any atom is 0.264 e. The van der Waals surface area contributed by atoms with E-state index in [0.717, 1.165) is 18.6 Å². The number of nitrogens with zero attached hydrogens (tertiary/aromatic N) is 1. The molecule has 100 valence electrons. The lowest BCUT2D eigenvalue weighted by atomic mass is 10.2. The van der Waals surface area contributed by atoms with Crippen molar-refractivity contribution in [2.75, 3.05) is 0 Å². The van der Waals surface area contributed by atoms with Gasteiger partial charge in [-0.2, -0.15) is 0 Å². The van der Waals surface area contributed by atoms with Crippen LogP contribution in [-0.4, -0.2) is 9.97 Å². The summed E-state index contributed by atoms with van der Waals surface area (Å²) >= 11 is 1.94. The molecule has 3 nitrogen and oxygen atoms in total. The van der Waals surface area contributed by atoms with Crippen LogP contribution in [0.25, 0.3) is 11.4 Å². The Kier molecular flexibility index (Phi) is 4.28. The van der Waals surface area contributed by atoms with Gasteiger partial charge in [-0.3, -0.25) is 4.79 Å². The van der Waals surface area contributed by atoms with Gasteiger partial charge in [0.2, 0.25) is 0 Å². The second kappa shape index (κ2) is 5.77. The molecule has 2 rings (SSSR count). The van der Waals surface area contributed by atoms with Gasteiger partial charge in [0.05, 0.1) is 9.26 Å². The first-order valence-corrected chi connectivity index (χ1v) is 6.85. The molecule has 0 aliphatic rings. The van der Waals surface area contributed by atoms with Crippen molar-refractivity contribution in [1.29, 1.82) is 0 Å². The molecule has 0 atom stereocenters. The average molecular weight is 376 g/mol. The Labute approximate surface area is 122 Å². The third kappa shape index (κ3) is 2.99. The lowest BCUT2D eigenvalue weighted by Gasteiger charge is -2.06. The van der Waals surface area contributed by atoms with Crippen LogP contribution in [0.3, 0.4) is 0 Å². The second-order valence-electron chi connectivity index (χ2n) is 4.05. The first kappa shape index (κ1) is 14.1. The molecule has 0 aliphatic carbocycles. The molecule has 0 saturated heterocycles. The van der Waals surface area contributed by atoms with E-state index in [1.807, 2.05) is 29.5 Å². The van der Waals surface area contributed by atoms with Crippen molar-refractivity contribution in [3.05, 3.63) is 49.5 Å². The lowest BCUT2D eigenvalue weighted by molar-refractivity contribution is 0.509. The largest absolute Gasteiger partial charge is 0.306 e. The highest BCUT2D eigenvalue weighted by atomic mass is 127. The molecule has 1 aromatic heterocycles. The summed E-state index contributed by atoms with van der Waals surface area (Å²) in [6.45, 7) is 1.98. The van der Waals surface area contributed by atoms with Crippen LogP contribution >= 0.6 is 22.6 Å². The number of hydrogen-bond acceptors (Lipinski definition) is 2. The molecule has 0 unspecified atom stereocenters. The summed E-state index contributed by atoms with van der Waals surface area (Å²) in [5.74, 6) is -1.63. The maximum atomic E-state index is 13.2. The minimum Gasteiger partial charge on any atom is -0.306 e. The Morgan fingerprint density at radius 2 is 2.05 bits per heavy atom. The molecular weight excluding hydrogens is 365 g/mol. The molecule has 2 aromatic rings. The molecule has 19 heavy (non-hydrogen) atoms. The molecule has 0 spiro atoms. The van der Waals surface area contributed by atoms with Gasteiger partial charge < -0.3 is 4.98 Å². The molecular formula is C13H11F2IN2O. The average Bonchev–Trinajstić information content (AvgIpc) is 2.38.